The predicted molar refractivity (Wildman–Crippen MR) is 104 cm³/mol. The molecule has 2 unspecified atom stereocenters. The lowest BCUT2D eigenvalue weighted by molar-refractivity contribution is 0.299. The molecule has 2 saturated heterocycles. The van der Waals surface area contributed by atoms with E-state index in [-0.39, 0.29) is 24.0 Å². The standard InChI is InChI=1S/C17H32N4.HI/c1-18-17(19-9-6-12-20-10-4-5-11-20)21-13-15-7-2-3-8-16(15)14-21;/h15-16H,2-14H2,1H3,(H,18,19);1H. The number of likely N-dealkylation sites (tertiary alicyclic amines) is 2. The zero-order chi connectivity index (χ0) is 14.5. The van der Waals surface area contributed by atoms with Crippen LogP contribution in [0.1, 0.15) is 44.9 Å². The molecule has 0 aromatic rings. The number of nitrogens with zero attached hydrogens (tertiary/aromatic N) is 3. The first kappa shape index (κ1) is 18.3. The van der Waals surface area contributed by atoms with Crippen LogP contribution in [0.5, 0.6) is 0 Å². The van der Waals surface area contributed by atoms with Crippen molar-refractivity contribution in [3.05, 3.63) is 0 Å². The summed E-state index contributed by atoms with van der Waals surface area (Å²) in [7, 11) is 1.94. The van der Waals surface area contributed by atoms with Gasteiger partial charge in [-0.05, 0) is 63.6 Å². The minimum absolute atomic E-state index is 0. The van der Waals surface area contributed by atoms with Gasteiger partial charge in [0.2, 0.25) is 0 Å². The fourth-order valence-electron chi connectivity index (χ4n) is 4.42. The Kier molecular flexibility index (Phi) is 7.74. The van der Waals surface area contributed by atoms with Crippen molar-refractivity contribution in [2.75, 3.05) is 46.3 Å². The Balaban J connectivity index is 0.00000176. The van der Waals surface area contributed by atoms with Crippen LogP contribution >= 0.6 is 24.0 Å². The molecule has 5 heteroatoms. The van der Waals surface area contributed by atoms with Gasteiger partial charge in [-0.25, -0.2) is 0 Å². The molecule has 22 heavy (non-hydrogen) atoms. The van der Waals surface area contributed by atoms with Crippen LogP contribution in [-0.2, 0) is 0 Å². The van der Waals surface area contributed by atoms with Gasteiger partial charge < -0.3 is 15.1 Å². The number of aliphatic imine (C=N–C) groups is 1. The summed E-state index contributed by atoms with van der Waals surface area (Å²) in [4.78, 5) is 9.62. The predicted octanol–water partition coefficient (Wildman–Crippen LogP) is 2.79. The van der Waals surface area contributed by atoms with E-state index in [1.807, 2.05) is 7.05 Å². The van der Waals surface area contributed by atoms with Crippen molar-refractivity contribution < 1.29 is 0 Å². The molecule has 0 spiro atoms. The van der Waals surface area contributed by atoms with E-state index in [1.54, 1.807) is 0 Å². The van der Waals surface area contributed by atoms with E-state index in [9.17, 15) is 0 Å². The molecule has 1 saturated carbocycles. The van der Waals surface area contributed by atoms with Gasteiger partial charge in [0, 0.05) is 26.7 Å². The lowest BCUT2D eigenvalue weighted by atomic mass is 9.82. The minimum Gasteiger partial charge on any atom is -0.356 e. The first-order valence-corrected chi connectivity index (χ1v) is 9.05. The van der Waals surface area contributed by atoms with Crippen LogP contribution in [0.25, 0.3) is 0 Å². The molecule has 1 aliphatic carbocycles. The summed E-state index contributed by atoms with van der Waals surface area (Å²) in [6.45, 7) is 7.39. The minimum atomic E-state index is 0. The Labute approximate surface area is 153 Å². The number of rotatable bonds is 4. The highest BCUT2D eigenvalue weighted by Crippen LogP contribution is 2.35. The van der Waals surface area contributed by atoms with Gasteiger partial charge in [0.15, 0.2) is 5.96 Å². The van der Waals surface area contributed by atoms with Crippen molar-refractivity contribution in [3.8, 4) is 0 Å². The van der Waals surface area contributed by atoms with Crippen molar-refractivity contribution in [1.82, 2.24) is 15.1 Å². The van der Waals surface area contributed by atoms with Gasteiger partial charge in [0.1, 0.15) is 0 Å². The molecule has 2 atom stereocenters. The first-order valence-electron chi connectivity index (χ1n) is 9.05. The molecule has 3 aliphatic rings. The number of hydrogen-bond donors (Lipinski definition) is 1. The molecular formula is C17H33IN4. The number of fused-ring (bicyclic) bond motifs is 1. The summed E-state index contributed by atoms with van der Waals surface area (Å²) in [5, 5.41) is 3.59. The van der Waals surface area contributed by atoms with Crippen LogP contribution in [0.4, 0.5) is 0 Å². The van der Waals surface area contributed by atoms with E-state index in [1.165, 1.54) is 77.7 Å². The van der Waals surface area contributed by atoms with Crippen molar-refractivity contribution in [2.45, 2.75) is 44.9 Å². The maximum absolute atomic E-state index is 4.52. The topological polar surface area (TPSA) is 30.9 Å². The highest BCUT2D eigenvalue weighted by atomic mass is 127. The van der Waals surface area contributed by atoms with E-state index in [4.69, 9.17) is 0 Å². The highest BCUT2D eigenvalue weighted by Gasteiger charge is 2.35. The summed E-state index contributed by atoms with van der Waals surface area (Å²) in [6.07, 6.45) is 9.78. The third kappa shape index (κ3) is 4.73. The van der Waals surface area contributed by atoms with Crippen molar-refractivity contribution in [3.63, 3.8) is 0 Å². The maximum Gasteiger partial charge on any atom is 0.193 e. The Morgan fingerprint density at radius 3 is 2.27 bits per heavy atom. The number of nitrogens with one attached hydrogen (secondary N) is 1. The Morgan fingerprint density at radius 2 is 1.68 bits per heavy atom. The lowest BCUT2D eigenvalue weighted by Crippen LogP contribution is -2.41. The zero-order valence-electron chi connectivity index (χ0n) is 14.1. The quantitative estimate of drug-likeness (QED) is 0.329. The van der Waals surface area contributed by atoms with Gasteiger partial charge in [-0.15, -0.1) is 24.0 Å². The number of halogens is 1. The fraction of sp³-hybridized carbons (Fsp3) is 0.941. The molecule has 0 aromatic heterocycles. The molecule has 1 N–H and O–H groups in total. The zero-order valence-corrected chi connectivity index (χ0v) is 16.4. The molecule has 2 aliphatic heterocycles. The van der Waals surface area contributed by atoms with Gasteiger partial charge in [0.05, 0.1) is 0 Å². The molecule has 0 amide bonds. The van der Waals surface area contributed by atoms with E-state index in [0.717, 1.165) is 24.3 Å². The second-order valence-electron chi connectivity index (χ2n) is 7.09. The fourth-order valence-corrected chi connectivity index (χ4v) is 4.42. The molecule has 0 aromatic carbocycles. The second-order valence-corrected chi connectivity index (χ2v) is 7.09. The summed E-state index contributed by atoms with van der Waals surface area (Å²) in [6, 6.07) is 0. The van der Waals surface area contributed by atoms with Gasteiger partial charge in [0.25, 0.3) is 0 Å². The van der Waals surface area contributed by atoms with Crippen molar-refractivity contribution in [1.29, 1.82) is 0 Å². The average molecular weight is 420 g/mol. The van der Waals surface area contributed by atoms with Crippen LogP contribution in [-0.4, -0.2) is 62.1 Å². The molecular weight excluding hydrogens is 387 g/mol. The third-order valence-electron chi connectivity index (χ3n) is 5.62. The van der Waals surface area contributed by atoms with E-state index in [2.05, 4.69) is 20.1 Å². The molecule has 4 nitrogen and oxygen atoms in total. The molecule has 0 bridgehead atoms. The monoisotopic (exact) mass is 420 g/mol. The van der Waals surface area contributed by atoms with Crippen molar-refractivity contribution >= 4 is 29.9 Å². The van der Waals surface area contributed by atoms with Crippen molar-refractivity contribution in [2.24, 2.45) is 16.8 Å². The van der Waals surface area contributed by atoms with Gasteiger partial charge >= 0.3 is 0 Å². The molecule has 128 valence electrons. The third-order valence-corrected chi connectivity index (χ3v) is 5.62. The summed E-state index contributed by atoms with van der Waals surface area (Å²) in [5.41, 5.74) is 0. The van der Waals surface area contributed by atoms with E-state index in [0.29, 0.717) is 0 Å². The highest BCUT2D eigenvalue weighted by molar-refractivity contribution is 14.0. The Morgan fingerprint density at radius 1 is 1.05 bits per heavy atom. The molecule has 3 rings (SSSR count). The van der Waals surface area contributed by atoms with Gasteiger partial charge in [-0.1, -0.05) is 12.8 Å². The lowest BCUT2D eigenvalue weighted by Gasteiger charge is -2.22. The first-order chi connectivity index (χ1) is 10.4. The second kappa shape index (κ2) is 9.30. The van der Waals surface area contributed by atoms with E-state index < -0.39 is 0 Å². The molecule has 3 fully saturated rings. The Bertz CT molecular complexity index is 341. The Hall–Kier alpha value is -0.0400. The molecule has 2 heterocycles. The average Bonchev–Trinajstić information content (AvgIpc) is 3.16. The maximum atomic E-state index is 4.52. The van der Waals surface area contributed by atoms with Gasteiger partial charge in [-0.2, -0.15) is 0 Å². The largest absolute Gasteiger partial charge is 0.356 e. The SMILES string of the molecule is CN=C(NCCCN1CCCC1)N1CC2CCCCC2C1.I. The van der Waals surface area contributed by atoms with Crippen LogP contribution in [0.15, 0.2) is 4.99 Å². The smallest absolute Gasteiger partial charge is 0.193 e. The summed E-state index contributed by atoms with van der Waals surface area (Å²) < 4.78 is 0. The summed E-state index contributed by atoms with van der Waals surface area (Å²) >= 11 is 0. The number of guanidine groups is 1. The number of hydrogen-bond acceptors (Lipinski definition) is 2. The van der Waals surface area contributed by atoms with Crippen LogP contribution in [0, 0.1) is 11.8 Å². The van der Waals surface area contributed by atoms with Gasteiger partial charge in [-0.3, -0.25) is 4.99 Å². The van der Waals surface area contributed by atoms with Crippen LogP contribution < -0.4 is 5.32 Å². The normalized spacial score (nSPS) is 29.3. The van der Waals surface area contributed by atoms with Crippen LogP contribution in [0.3, 0.4) is 0 Å². The van der Waals surface area contributed by atoms with Crippen LogP contribution in [0.2, 0.25) is 0 Å². The molecule has 0 radical (unpaired) electrons. The van der Waals surface area contributed by atoms with E-state index >= 15 is 0 Å². The summed E-state index contributed by atoms with van der Waals surface area (Å²) in [5.74, 6) is 3.01.